The van der Waals surface area contributed by atoms with Gasteiger partial charge in [0, 0.05) is 38.4 Å². The molecule has 1 atom stereocenters. The highest BCUT2D eigenvalue weighted by molar-refractivity contribution is 7.87. The molecule has 2 heterocycles. The summed E-state index contributed by atoms with van der Waals surface area (Å²) in [5.74, 6) is 0. The molecule has 0 saturated carbocycles. The lowest BCUT2D eigenvalue weighted by molar-refractivity contribution is 0.185. The van der Waals surface area contributed by atoms with Gasteiger partial charge in [-0.05, 0) is 12.8 Å². The second kappa shape index (κ2) is 6.07. The van der Waals surface area contributed by atoms with E-state index in [1.165, 1.54) is 15.6 Å². The highest BCUT2D eigenvalue weighted by atomic mass is 32.2. The van der Waals surface area contributed by atoms with Crippen LogP contribution >= 0.6 is 11.3 Å². The van der Waals surface area contributed by atoms with E-state index in [0.29, 0.717) is 26.1 Å². The molecule has 0 amide bonds. The molecule has 0 radical (unpaired) electrons. The van der Waals surface area contributed by atoms with Gasteiger partial charge in [0.2, 0.25) is 0 Å². The van der Waals surface area contributed by atoms with E-state index in [1.807, 2.05) is 5.38 Å². The standard InChI is InChI=1S/C10H17N3O3S2/c1-16-7-2-5-13-6-3-9(12-18(13,14)15)10-11-4-8-17-10/h4,8-9,12H,2-3,5-7H2,1H3/t9-/m0/s1. The lowest BCUT2D eigenvalue weighted by Crippen LogP contribution is -2.48. The van der Waals surface area contributed by atoms with E-state index in [-0.39, 0.29) is 6.04 Å². The Bertz CT molecular complexity index is 461. The van der Waals surface area contributed by atoms with Crippen molar-refractivity contribution in [2.24, 2.45) is 0 Å². The van der Waals surface area contributed by atoms with Crippen LogP contribution in [-0.4, -0.2) is 44.5 Å². The van der Waals surface area contributed by atoms with Crippen molar-refractivity contribution < 1.29 is 13.2 Å². The number of rotatable bonds is 5. The first-order valence-electron chi connectivity index (χ1n) is 5.79. The predicted octanol–water partition coefficient (Wildman–Crippen LogP) is 0.761. The fourth-order valence-electron chi connectivity index (χ4n) is 1.90. The summed E-state index contributed by atoms with van der Waals surface area (Å²) >= 11 is 1.48. The third-order valence-electron chi connectivity index (χ3n) is 2.80. The third kappa shape index (κ3) is 3.27. The summed E-state index contributed by atoms with van der Waals surface area (Å²) in [6, 6.07) is -0.186. The number of nitrogens with one attached hydrogen (secondary N) is 1. The maximum Gasteiger partial charge on any atom is 0.280 e. The average Bonchev–Trinajstić information content (AvgIpc) is 2.84. The summed E-state index contributed by atoms with van der Waals surface area (Å²) in [7, 11) is -1.77. The fourth-order valence-corrected chi connectivity index (χ4v) is 4.16. The molecule has 18 heavy (non-hydrogen) atoms. The van der Waals surface area contributed by atoms with Crippen LogP contribution in [0.25, 0.3) is 0 Å². The number of nitrogens with zero attached hydrogens (tertiary/aromatic N) is 2. The fraction of sp³-hybridized carbons (Fsp3) is 0.700. The molecule has 6 nitrogen and oxygen atoms in total. The van der Waals surface area contributed by atoms with Crippen LogP contribution < -0.4 is 4.72 Å². The number of methoxy groups -OCH3 is 1. The van der Waals surface area contributed by atoms with Crippen molar-refractivity contribution in [3.8, 4) is 0 Å². The summed E-state index contributed by atoms with van der Waals surface area (Å²) in [6.07, 6.45) is 3.15. The molecule has 0 unspecified atom stereocenters. The average molecular weight is 291 g/mol. The molecule has 1 aromatic heterocycles. The number of ether oxygens (including phenoxy) is 1. The van der Waals surface area contributed by atoms with E-state index >= 15 is 0 Å². The summed E-state index contributed by atoms with van der Waals surface area (Å²) in [5, 5.41) is 2.68. The molecule has 1 aromatic rings. The topological polar surface area (TPSA) is 71.5 Å². The van der Waals surface area contributed by atoms with Gasteiger partial charge in [0.15, 0.2) is 0 Å². The normalized spacial score (nSPS) is 24.2. The molecule has 1 aliphatic rings. The second-order valence-corrected chi connectivity index (χ2v) is 6.71. The van der Waals surface area contributed by atoms with Gasteiger partial charge >= 0.3 is 0 Å². The van der Waals surface area contributed by atoms with Crippen LogP contribution in [0.2, 0.25) is 0 Å². The van der Waals surface area contributed by atoms with Gasteiger partial charge in [-0.2, -0.15) is 17.4 Å². The Hall–Kier alpha value is -0.540. The molecule has 1 N–H and O–H groups in total. The van der Waals surface area contributed by atoms with Crippen molar-refractivity contribution in [3.05, 3.63) is 16.6 Å². The number of aromatic nitrogens is 1. The highest BCUT2D eigenvalue weighted by Gasteiger charge is 2.32. The minimum absolute atomic E-state index is 0.186. The summed E-state index contributed by atoms with van der Waals surface area (Å²) < 4.78 is 33.1. The molecule has 1 saturated heterocycles. The van der Waals surface area contributed by atoms with Crippen LogP contribution in [0.1, 0.15) is 23.9 Å². The molecule has 8 heteroatoms. The monoisotopic (exact) mass is 291 g/mol. The quantitative estimate of drug-likeness (QED) is 0.813. The van der Waals surface area contributed by atoms with Gasteiger partial charge in [0.25, 0.3) is 10.2 Å². The summed E-state index contributed by atoms with van der Waals surface area (Å²) in [4.78, 5) is 4.16. The summed E-state index contributed by atoms with van der Waals surface area (Å²) in [6.45, 7) is 1.60. The first kappa shape index (κ1) is 13.9. The zero-order chi connectivity index (χ0) is 13.0. The van der Waals surface area contributed by atoms with Gasteiger partial charge in [-0.25, -0.2) is 4.98 Å². The van der Waals surface area contributed by atoms with Crippen molar-refractivity contribution in [1.82, 2.24) is 14.0 Å². The largest absolute Gasteiger partial charge is 0.385 e. The Morgan fingerprint density at radius 1 is 1.67 bits per heavy atom. The van der Waals surface area contributed by atoms with Gasteiger partial charge in [0.05, 0.1) is 6.04 Å². The Balaban J connectivity index is 1.96. The van der Waals surface area contributed by atoms with Crippen LogP contribution in [0.3, 0.4) is 0 Å². The second-order valence-electron chi connectivity index (χ2n) is 4.08. The van der Waals surface area contributed by atoms with Gasteiger partial charge in [-0.1, -0.05) is 0 Å². The van der Waals surface area contributed by atoms with Crippen LogP contribution in [-0.2, 0) is 14.9 Å². The number of hydrogen-bond acceptors (Lipinski definition) is 5. The Morgan fingerprint density at radius 2 is 2.50 bits per heavy atom. The van der Waals surface area contributed by atoms with E-state index in [2.05, 4.69) is 9.71 Å². The van der Waals surface area contributed by atoms with Crippen LogP contribution in [0.5, 0.6) is 0 Å². The minimum Gasteiger partial charge on any atom is -0.385 e. The van der Waals surface area contributed by atoms with E-state index in [9.17, 15) is 8.42 Å². The molecule has 0 bridgehead atoms. The first-order chi connectivity index (χ1) is 8.63. The smallest absolute Gasteiger partial charge is 0.280 e. The maximum absolute atomic E-state index is 12.0. The van der Waals surface area contributed by atoms with Crippen LogP contribution in [0, 0.1) is 0 Å². The third-order valence-corrected chi connectivity index (χ3v) is 5.32. The molecule has 0 aliphatic carbocycles. The van der Waals surface area contributed by atoms with Crippen molar-refractivity contribution >= 4 is 21.5 Å². The SMILES string of the molecule is COCCCN1CC[C@@H](c2nccs2)NS1(=O)=O. The number of hydrogen-bond donors (Lipinski definition) is 1. The van der Waals surface area contributed by atoms with E-state index in [1.54, 1.807) is 13.3 Å². The molecular formula is C10H17N3O3S2. The lowest BCUT2D eigenvalue weighted by atomic mass is 10.2. The van der Waals surface area contributed by atoms with Crippen molar-refractivity contribution in [2.45, 2.75) is 18.9 Å². The predicted molar refractivity (Wildman–Crippen MR) is 69.6 cm³/mol. The molecule has 0 aromatic carbocycles. The van der Waals surface area contributed by atoms with E-state index < -0.39 is 10.2 Å². The van der Waals surface area contributed by atoms with Gasteiger partial charge in [-0.15, -0.1) is 11.3 Å². The molecule has 0 spiro atoms. The van der Waals surface area contributed by atoms with E-state index in [0.717, 1.165) is 11.4 Å². The van der Waals surface area contributed by atoms with Crippen molar-refractivity contribution in [2.75, 3.05) is 26.8 Å². The van der Waals surface area contributed by atoms with E-state index in [4.69, 9.17) is 4.74 Å². The van der Waals surface area contributed by atoms with Gasteiger partial charge in [0.1, 0.15) is 5.01 Å². The molecule has 102 valence electrons. The first-order valence-corrected chi connectivity index (χ1v) is 8.11. The Kier molecular flexibility index (Phi) is 4.68. The maximum atomic E-state index is 12.0. The molecule has 1 aliphatic heterocycles. The van der Waals surface area contributed by atoms with Crippen LogP contribution in [0.15, 0.2) is 11.6 Å². The Morgan fingerprint density at radius 3 is 3.11 bits per heavy atom. The minimum atomic E-state index is -3.38. The van der Waals surface area contributed by atoms with Crippen molar-refractivity contribution in [1.29, 1.82) is 0 Å². The Labute approximate surface area is 111 Å². The lowest BCUT2D eigenvalue weighted by Gasteiger charge is -2.31. The highest BCUT2D eigenvalue weighted by Crippen LogP contribution is 2.25. The van der Waals surface area contributed by atoms with Crippen molar-refractivity contribution in [3.63, 3.8) is 0 Å². The zero-order valence-electron chi connectivity index (χ0n) is 10.2. The summed E-state index contributed by atoms with van der Waals surface area (Å²) in [5.41, 5.74) is 0. The molecule has 1 fully saturated rings. The van der Waals surface area contributed by atoms with Gasteiger partial charge in [-0.3, -0.25) is 0 Å². The van der Waals surface area contributed by atoms with Gasteiger partial charge < -0.3 is 4.74 Å². The number of thiazole rings is 1. The molecule has 2 rings (SSSR count). The zero-order valence-corrected chi connectivity index (χ0v) is 11.8. The van der Waals surface area contributed by atoms with Crippen LogP contribution in [0.4, 0.5) is 0 Å². The molecular weight excluding hydrogens is 274 g/mol.